The highest BCUT2D eigenvalue weighted by atomic mass is 16.5. The first kappa shape index (κ1) is 12.2. The molecule has 1 aromatic carbocycles. The molecule has 2 aliphatic rings. The topological polar surface area (TPSA) is 38.5 Å². The van der Waals surface area contributed by atoms with E-state index in [1.807, 2.05) is 0 Å². The first-order valence-electron chi connectivity index (χ1n) is 6.94. The van der Waals surface area contributed by atoms with E-state index in [9.17, 15) is 0 Å². The Labute approximate surface area is 109 Å². The summed E-state index contributed by atoms with van der Waals surface area (Å²) in [4.78, 5) is 2.56. The van der Waals surface area contributed by atoms with Gasteiger partial charge >= 0.3 is 0 Å². The molecule has 1 atom stereocenters. The minimum absolute atomic E-state index is 0.165. The average molecular weight is 246 g/mol. The van der Waals surface area contributed by atoms with Gasteiger partial charge in [0.2, 0.25) is 0 Å². The number of fused-ring (bicyclic) bond motifs is 1. The number of hydrogen-bond donors (Lipinski definition) is 1. The summed E-state index contributed by atoms with van der Waals surface area (Å²) in [6, 6.07) is 8.81. The van der Waals surface area contributed by atoms with Crippen LogP contribution in [0.15, 0.2) is 24.3 Å². The normalized spacial score (nSPS) is 28.9. The molecule has 2 N–H and O–H groups in total. The van der Waals surface area contributed by atoms with Crippen molar-refractivity contribution >= 4 is 0 Å². The van der Waals surface area contributed by atoms with Crippen LogP contribution in [0.5, 0.6) is 0 Å². The van der Waals surface area contributed by atoms with Gasteiger partial charge in [-0.3, -0.25) is 4.90 Å². The number of morpholine rings is 1. The summed E-state index contributed by atoms with van der Waals surface area (Å²) in [5.41, 5.74) is 9.30. The van der Waals surface area contributed by atoms with E-state index in [1.165, 1.54) is 17.5 Å². The smallest absolute Gasteiger partial charge is 0.0594 e. The molecule has 98 valence electrons. The zero-order valence-electron chi connectivity index (χ0n) is 10.9. The Morgan fingerprint density at radius 2 is 1.89 bits per heavy atom. The first-order valence-corrected chi connectivity index (χ1v) is 6.94. The van der Waals surface area contributed by atoms with Crippen molar-refractivity contribution in [2.24, 2.45) is 5.73 Å². The van der Waals surface area contributed by atoms with Gasteiger partial charge in [0.05, 0.1) is 13.2 Å². The number of benzene rings is 1. The highest BCUT2D eigenvalue weighted by molar-refractivity contribution is 5.32. The van der Waals surface area contributed by atoms with Crippen LogP contribution in [0.3, 0.4) is 0 Å². The van der Waals surface area contributed by atoms with E-state index in [0.29, 0.717) is 0 Å². The maximum atomic E-state index is 6.14. The van der Waals surface area contributed by atoms with Crippen LogP contribution < -0.4 is 5.73 Å². The molecule has 0 bridgehead atoms. The number of ether oxygens (including phenoxy) is 1. The summed E-state index contributed by atoms with van der Waals surface area (Å²) >= 11 is 0. The van der Waals surface area contributed by atoms with Gasteiger partial charge < -0.3 is 10.5 Å². The van der Waals surface area contributed by atoms with Crippen LogP contribution in [-0.2, 0) is 17.6 Å². The Morgan fingerprint density at radius 3 is 2.61 bits per heavy atom. The van der Waals surface area contributed by atoms with Crippen LogP contribution >= 0.6 is 0 Å². The van der Waals surface area contributed by atoms with Gasteiger partial charge in [0, 0.05) is 25.2 Å². The number of nitrogens with two attached hydrogens (primary N) is 1. The predicted octanol–water partition coefficient (Wildman–Crippen LogP) is 1.21. The fraction of sp³-hybridized carbons (Fsp3) is 0.600. The molecule has 1 aliphatic heterocycles. The lowest BCUT2D eigenvalue weighted by atomic mass is 9.76. The minimum Gasteiger partial charge on any atom is -0.379 e. The zero-order chi connectivity index (χ0) is 12.4. The predicted molar refractivity (Wildman–Crippen MR) is 72.6 cm³/mol. The molecule has 0 amide bonds. The van der Waals surface area contributed by atoms with Crippen molar-refractivity contribution in [3.05, 3.63) is 35.4 Å². The second-order valence-corrected chi connectivity index (χ2v) is 5.47. The molecule has 0 aromatic heterocycles. The zero-order valence-corrected chi connectivity index (χ0v) is 10.9. The fourth-order valence-corrected chi connectivity index (χ4v) is 3.40. The SMILES string of the molecule is NCC1(N2CCOCC2)CCc2ccccc2C1. The van der Waals surface area contributed by atoms with E-state index in [1.54, 1.807) is 0 Å². The molecule has 1 aliphatic carbocycles. The van der Waals surface area contributed by atoms with Gasteiger partial charge in [-0.15, -0.1) is 0 Å². The molecular formula is C15H22N2O. The van der Waals surface area contributed by atoms with Crippen LogP contribution in [-0.4, -0.2) is 43.3 Å². The Bertz CT molecular complexity index is 415. The van der Waals surface area contributed by atoms with Crippen LogP contribution in [0.25, 0.3) is 0 Å². The Morgan fingerprint density at radius 1 is 1.17 bits per heavy atom. The number of aryl methyl sites for hydroxylation is 1. The molecule has 18 heavy (non-hydrogen) atoms. The molecule has 1 unspecified atom stereocenters. The fourth-order valence-electron chi connectivity index (χ4n) is 3.40. The third kappa shape index (κ3) is 2.07. The van der Waals surface area contributed by atoms with Crippen molar-refractivity contribution < 1.29 is 4.74 Å². The number of hydrogen-bond acceptors (Lipinski definition) is 3. The van der Waals surface area contributed by atoms with E-state index in [0.717, 1.165) is 45.7 Å². The van der Waals surface area contributed by atoms with Crippen molar-refractivity contribution in [2.75, 3.05) is 32.8 Å². The third-order valence-electron chi connectivity index (χ3n) is 4.56. The molecule has 1 heterocycles. The monoisotopic (exact) mass is 246 g/mol. The van der Waals surface area contributed by atoms with Gasteiger partial charge in [0.25, 0.3) is 0 Å². The van der Waals surface area contributed by atoms with Gasteiger partial charge in [0.15, 0.2) is 0 Å². The first-order chi connectivity index (χ1) is 8.84. The van der Waals surface area contributed by atoms with Crippen molar-refractivity contribution in [2.45, 2.75) is 24.8 Å². The van der Waals surface area contributed by atoms with Crippen molar-refractivity contribution in [1.82, 2.24) is 4.90 Å². The largest absolute Gasteiger partial charge is 0.379 e. The van der Waals surface area contributed by atoms with E-state index in [2.05, 4.69) is 29.2 Å². The minimum atomic E-state index is 0.165. The molecule has 0 saturated carbocycles. The molecule has 1 saturated heterocycles. The van der Waals surface area contributed by atoms with E-state index in [4.69, 9.17) is 10.5 Å². The van der Waals surface area contributed by atoms with Gasteiger partial charge in [-0.1, -0.05) is 24.3 Å². The van der Waals surface area contributed by atoms with Gasteiger partial charge in [-0.25, -0.2) is 0 Å². The molecule has 1 aromatic rings. The molecular weight excluding hydrogens is 224 g/mol. The Kier molecular flexibility index (Phi) is 3.37. The van der Waals surface area contributed by atoms with Gasteiger partial charge in [-0.05, 0) is 30.4 Å². The molecule has 3 rings (SSSR count). The van der Waals surface area contributed by atoms with Gasteiger partial charge in [-0.2, -0.15) is 0 Å². The molecule has 1 fully saturated rings. The second-order valence-electron chi connectivity index (χ2n) is 5.47. The third-order valence-corrected chi connectivity index (χ3v) is 4.56. The lowest BCUT2D eigenvalue weighted by molar-refractivity contribution is -0.0249. The Balaban J connectivity index is 1.85. The Hall–Kier alpha value is -0.900. The summed E-state index contributed by atoms with van der Waals surface area (Å²) in [7, 11) is 0. The lowest BCUT2D eigenvalue weighted by Gasteiger charge is -2.47. The lowest BCUT2D eigenvalue weighted by Crippen LogP contribution is -2.60. The summed E-state index contributed by atoms with van der Waals surface area (Å²) in [5, 5.41) is 0. The quantitative estimate of drug-likeness (QED) is 0.852. The van der Waals surface area contributed by atoms with Crippen LogP contribution in [0, 0.1) is 0 Å². The van der Waals surface area contributed by atoms with Crippen LogP contribution in [0.1, 0.15) is 17.5 Å². The van der Waals surface area contributed by atoms with Crippen molar-refractivity contribution in [3.8, 4) is 0 Å². The van der Waals surface area contributed by atoms with Crippen LogP contribution in [0.2, 0.25) is 0 Å². The maximum Gasteiger partial charge on any atom is 0.0594 e. The van der Waals surface area contributed by atoms with Crippen molar-refractivity contribution in [3.63, 3.8) is 0 Å². The molecule has 0 radical (unpaired) electrons. The summed E-state index contributed by atoms with van der Waals surface area (Å²) in [5.74, 6) is 0. The van der Waals surface area contributed by atoms with Gasteiger partial charge in [0.1, 0.15) is 0 Å². The molecule has 3 nitrogen and oxygen atoms in total. The molecule has 0 spiro atoms. The maximum absolute atomic E-state index is 6.14. The van der Waals surface area contributed by atoms with E-state index >= 15 is 0 Å². The molecule has 3 heteroatoms. The average Bonchev–Trinajstić information content (AvgIpc) is 2.47. The summed E-state index contributed by atoms with van der Waals surface area (Å²) in [6.07, 6.45) is 3.44. The van der Waals surface area contributed by atoms with Crippen molar-refractivity contribution in [1.29, 1.82) is 0 Å². The number of nitrogens with zero attached hydrogens (tertiary/aromatic N) is 1. The van der Waals surface area contributed by atoms with E-state index in [-0.39, 0.29) is 5.54 Å². The number of rotatable bonds is 2. The van der Waals surface area contributed by atoms with E-state index < -0.39 is 0 Å². The highest BCUT2D eigenvalue weighted by Gasteiger charge is 2.38. The highest BCUT2D eigenvalue weighted by Crippen LogP contribution is 2.33. The second kappa shape index (κ2) is 5.00. The standard InChI is InChI=1S/C15H22N2O/c16-12-15(17-7-9-18-10-8-17)6-5-13-3-1-2-4-14(13)11-15/h1-4H,5-12,16H2. The summed E-state index contributed by atoms with van der Waals surface area (Å²) < 4.78 is 5.47. The summed E-state index contributed by atoms with van der Waals surface area (Å²) in [6.45, 7) is 4.51. The van der Waals surface area contributed by atoms with Crippen LogP contribution in [0.4, 0.5) is 0 Å².